The van der Waals surface area contributed by atoms with Gasteiger partial charge in [0.25, 0.3) is 0 Å². The van der Waals surface area contributed by atoms with Crippen molar-refractivity contribution in [2.45, 2.75) is 13.5 Å². The van der Waals surface area contributed by atoms with Gasteiger partial charge in [-0.15, -0.1) is 0 Å². The van der Waals surface area contributed by atoms with E-state index in [0.29, 0.717) is 11.7 Å². The van der Waals surface area contributed by atoms with Gasteiger partial charge in [-0.05, 0) is 54.5 Å². The summed E-state index contributed by atoms with van der Waals surface area (Å²) in [7, 11) is 4.07. The number of nitrogens with zero attached hydrogens (tertiary/aromatic N) is 1. The molecule has 0 heterocycles. The van der Waals surface area contributed by atoms with Gasteiger partial charge in [0.1, 0.15) is 0 Å². The number of aryl methyl sites for hydroxylation is 1. The molecule has 0 radical (unpaired) electrons. The SMILES string of the molecule is Cc1cccc(NC(=S)NCc2ccc(N(C)C)cc2)c1. The summed E-state index contributed by atoms with van der Waals surface area (Å²) in [4.78, 5) is 2.08. The fraction of sp³-hybridized carbons (Fsp3) is 0.235. The topological polar surface area (TPSA) is 27.3 Å². The van der Waals surface area contributed by atoms with E-state index in [1.165, 1.54) is 16.8 Å². The Kier molecular flexibility index (Phi) is 5.17. The predicted molar refractivity (Wildman–Crippen MR) is 95.0 cm³/mol. The lowest BCUT2D eigenvalue weighted by Gasteiger charge is -2.14. The molecule has 0 unspecified atom stereocenters. The first-order valence-corrected chi connectivity index (χ1v) is 7.33. The average molecular weight is 299 g/mol. The third kappa shape index (κ3) is 4.76. The van der Waals surface area contributed by atoms with E-state index in [4.69, 9.17) is 12.2 Å². The molecular formula is C17H21N3S. The molecule has 0 saturated heterocycles. The van der Waals surface area contributed by atoms with Crippen molar-refractivity contribution in [1.82, 2.24) is 5.32 Å². The van der Waals surface area contributed by atoms with Gasteiger partial charge in [0, 0.05) is 32.0 Å². The highest BCUT2D eigenvalue weighted by molar-refractivity contribution is 7.80. The van der Waals surface area contributed by atoms with Gasteiger partial charge in [-0.3, -0.25) is 0 Å². The van der Waals surface area contributed by atoms with Crippen LogP contribution in [0.1, 0.15) is 11.1 Å². The van der Waals surface area contributed by atoms with Gasteiger partial charge in [0.05, 0.1) is 0 Å². The maximum atomic E-state index is 5.32. The number of benzene rings is 2. The first kappa shape index (κ1) is 15.3. The number of thiocarbonyl (C=S) groups is 1. The zero-order valence-corrected chi connectivity index (χ0v) is 13.5. The molecule has 0 aliphatic carbocycles. The minimum absolute atomic E-state index is 0.636. The van der Waals surface area contributed by atoms with Crippen molar-refractivity contribution in [2.24, 2.45) is 0 Å². The fourth-order valence-corrected chi connectivity index (χ4v) is 2.18. The highest BCUT2D eigenvalue weighted by Crippen LogP contribution is 2.12. The van der Waals surface area contributed by atoms with E-state index in [9.17, 15) is 0 Å². The summed E-state index contributed by atoms with van der Waals surface area (Å²) in [6.07, 6.45) is 0. The maximum Gasteiger partial charge on any atom is 0.171 e. The molecule has 0 bridgehead atoms. The number of anilines is 2. The van der Waals surface area contributed by atoms with Gasteiger partial charge >= 0.3 is 0 Å². The molecule has 110 valence electrons. The van der Waals surface area contributed by atoms with Crippen LogP contribution in [-0.4, -0.2) is 19.2 Å². The van der Waals surface area contributed by atoms with Crippen molar-refractivity contribution in [3.63, 3.8) is 0 Å². The van der Waals surface area contributed by atoms with Crippen molar-refractivity contribution in [1.29, 1.82) is 0 Å². The molecule has 21 heavy (non-hydrogen) atoms. The van der Waals surface area contributed by atoms with Crippen LogP contribution in [0.5, 0.6) is 0 Å². The van der Waals surface area contributed by atoms with Crippen molar-refractivity contribution >= 4 is 28.7 Å². The zero-order valence-electron chi connectivity index (χ0n) is 12.7. The monoisotopic (exact) mass is 299 g/mol. The van der Waals surface area contributed by atoms with Gasteiger partial charge in [-0.2, -0.15) is 0 Å². The molecule has 2 aromatic carbocycles. The highest BCUT2D eigenvalue weighted by atomic mass is 32.1. The van der Waals surface area contributed by atoms with Crippen LogP contribution in [0.2, 0.25) is 0 Å². The largest absolute Gasteiger partial charge is 0.378 e. The van der Waals surface area contributed by atoms with E-state index in [-0.39, 0.29) is 0 Å². The molecule has 0 aromatic heterocycles. The van der Waals surface area contributed by atoms with E-state index in [1.54, 1.807) is 0 Å². The molecule has 3 nitrogen and oxygen atoms in total. The molecule has 2 N–H and O–H groups in total. The minimum Gasteiger partial charge on any atom is -0.378 e. The van der Waals surface area contributed by atoms with Crippen LogP contribution in [0.4, 0.5) is 11.4 Å². The molecule has 2 aromatic rings. The normalized spacial score (nSPS) is 10.0. The number of hydrogen-bond acceptors (Lipinski definition) is 2. The Morgan fingerprint density at radius 3 is 2.43 bits per heavy atom. The second-order valence-corrected chi connectivity index (χ2v) is 5.65. The summed E-state index contributed by atoms with van der Waals surface area (Å²) in [5, 5.41) is 7.05. The highest BCUT2D eigenvalue weighted by Gasteiger charge is 2.00. The lowest BCUT2D eigenvalue weighted by molar-refractivity contribution is 0.925. The first-order chi connectivity index (χ1) is 10.0. The molecule has 2 rings (SSSR count). The molecule has 0 spiro atoms. The standard InChI is InChI=1S/C17H21N3S/c1-13-5-4-6-15(11-13)19-17(21)18-12-14-7-9-16(10-8-14)20(2)3/h4-11H,12H2,1-3H3,(H2,18,19,21). The Hall–Kier alpha value is -2.07. The molecule has 0 atom stereocenters. The summed E-state index contributed by atoms with van der Waals surface area (Å²) >= 11 is 5.32. The molecule has 0 amide bonds. The molecular weight excluding hydrogens is 278 g/mol. The Morgan fingerprint density at radius 2 is 1.81 bits per heavy atom. The van der Waals surface area contributed by atoms with E-state index in [0.717, 1.165) is 5.69 Å². The van der Waals surface area contributed by atoms with E-state index in [1.807, 2.05) is 26.2 Å². The minimum atomic E-state index is 0.636. The quantitative estimate of drug-likeness (QED) is 0.844. The van der Waals surface area contributed by atoms with Gasteiger partial charge in [-0.1, -0.05) is 24.3 Å². The third-order valence-corrected chi connectivity index (χ3v) is 3.43. The lowest BCUT2D eigenvalue weighted by atomic mass is 10.2. The third-order valence-electron chi connectivity index (χ3n) is 3.18. The van der Waals surface area contributed by atoms with Crippen LogP contribution in [0.15, 0.2) is 48.5 Å². The van der Waals surface area contributed by atoms with Gasteiger partial charge in [0.15, 0.2) is 5.11 Å². The van der Waals surface area contributed by atoms with Gasteiger partial charge < -0.3 is 15.5 Å². The van der Waals surface area contributed by atoms with Crippen molar-refractivity contribution < 1.29 is 0 Å². The lowest BCUT2D eigenvalue weighted by Crippen LogP contribution is -2.27. The van der Waals surface area contributed by atoms with Crippen LogP contribution < -0.4 is 15.5 Å². The van der Waals surface area contributed by atoms with Crippen LogP contribution >= 0.6 is 12.2 Å². The first-order valence-electron chi connectivity index (χ1n) is 6.92. The zero-order chi connectivity index (χ0) is 15.2. The molecule has 0 aliphatic rings. The average Bonchev–Trinajstić information content (AvgIpc) is 2.45. The van der Waals surface area contributed by atoms with Crippen molar-refractivity contribution in [3.8, 4) is 0 Å². The molecule has 0 saturated carbocycles. The Balaban J connectivity index is 1.86. The van der Waals surface area contributed by atoms with Crippen LogP contribution in [0.25, 0.3) is 0 Å². The second-order valence-electron chi connectivity index (χ2n) is 5.24. The second kappa shape index (κ2) is 7.09. The van der Waals surface area contributed by atoms with E-state index in [2.05, 4.69) is 58.9 Å². The summed E-state index contributed by atoms with van der Waals surface area (Å²) < 4.78 is 0. The Bertz CT molecular complexity index is 606. The molecule has 4 heteroatoms. The summed E-state index contributed by atoms with van der Waals surface area (Å²) in [6, 6.07) is 16.6. The number of nitrogens with one attached hydrogen (secondary N) is 2. The van der Waals surface area contributed by atoms with Crippen molar-refractivity contribution in [3.05, 3.63) is 59.7 Å². The Morgan fingerprint density at radius 1 is 1.10 bits per heavy atom. The number of hydrogen-bond donors (Lipinski definition) is 2. The van der Waals surface area contributed by atoms with Gasteiger partial charge in [0.2, 0.25) is 0 Å². The van der Waals surface area contributed by atoms with Crippen LogP contribution in [0.3, 0.4) is 0 Å². The van der Waals surface area contributed by atoms with E-state index < -0.39 is 0 Å². The van der Waals surface area contributed by atoms with Crippen molar-refractivity contribution in [2.75, 3.05) is 24.3 Å². The molecule has 0 aliphatic heterocycles. The maximum absolute atomic E-state index is 5.32. The fourth-order valence-electron chi connectivity index (χ4n) is 1.99. The Labute approximate surface area is 132 Å². The summed E-state index contributed by atoms with van der Waals surface area (Å²) in [5.74, 6) is 0. The van der Waals surface area contributed by atoms with Crippen LogP contribution in [0, 0.1) is 6.92 Å². The number of rotatable bonds is 4. The summed E-state index contributed by atoms with van der Waals surface area (Å²) in [5.41, 5.74) is 4.62. The van der Waals surface area contributed by atoms with Crippen LogP contribution in [-0.2, 0) is 6.54 Å². The smallest absolute Gasteiger partial charge is 0.171 e. The van der Waals surface area contributed by atoms with Gasteiger partial charge in [-0.25, -0.2) is 0 Å². The van der Waals surface area contributed by atoms with E-state index >= 15 is 0 Å². The summed E-state index contributed by atoms with van der Waals surface area (Å²) in [6.45, 7) is 2.78. The molecule has 0 fully saturated rings. The predicted octanol–water partition coefficient (Wildman–Crippen LogP) is 3.55.